The average molecular weight is 165 g/mol. The first-order valence-electron chi connectivity index (χ1n) is 3.88. The number of ether oxygens (including phenoxy) is 1. The van der Waals surface area contributed by atoms with Gasteiger partial charge in [0.15, 0.2) is 0 Å². The highest BCUT2D eigenvalue weighted by Crippen LogP contribution is 2.10. The number of hydrogen-bond acceptors (Lipinski definition) is 1. The number of halogens is 1. The molecule has 0 aliphatic heterocycles. The highest BCUT2D eigenvalue weighted by atomic mass is 35.5. The van der Waals surface area contributed by atoms with Crippen LogP contribution >= 0.6 is 11.6 Å². The van der Waals surface area contributed by atoms with Crippen molar-refractivity contribution in [2.24, 2.45) is 5.92 Å². The lowest BCUT2D eigenvalue weighted by atomic mass is 10.1. The van der Waals surface area contributed by atoms with Gasteiger partial charge >= 0.3 is 0 Å². The zero-order valence-electron chi connectivity index (χ0n) is 7.06. The molecule has 0 radical (unpaired) electrons. The fourth-order valence-electron chi connectivity index (χ4n) is 0.942. The maximum absolute atomic E-state index is 5.80. The number of alkyl halides is 1. The molecule has 0 aromatic heterocycles. The van der Waals surface area contributed by atoms with E-state index in [1.54, 1.807) is 0 Å². The fraction of sp³-hybridized carbons (Fsp3) is 1.00. The maximum atomic E-state index is 5.80. The summed E-state index contributed by atoms with van der Waals surface area (Å²) >= 11 is 5.80. The molecule has 10 heavy (non-hydrogen) atoms. The highest BCUT2D eigenvalue weighted by Gasteiger charge is 2.04. The molecule has 0 amide bonds. The van der Waals surface area contributed by atoms with Crippen LogP contribution in [0.4, 0.5) is 0 Å². The standard InChI is InChI=1S/C8H17ClO/c1-4-10-6-7(2)5-8(3)9/h7-8H,4-6H2,1-3H3. The Kier molecular flexibility index (Phi) is 6.14. The zero-order valence-corrected chi connectivity index (χ0v) is 7.82. The molecule has 0 aliphatic rings. The van der Waals surface area contributed by atoms with Gasteiger partial charge in [-0.25, -0.2) is 0 Å². The second kappa shape index (κ2) is 5.99. The van der Waals surface area contributed by atoms with Crippen LogP contribution in [0.5, 0.6) is 0 Å². The summed E-state index contributed by atoms with van der Waals surface area (Å²) in [5.74, 6) is 0.590. The Morgan fingerprint density at radius 3 is 2.40 bits per heavy atom. The smallest absolute Gasteiger partial charge is 0.0492 e. The molecule has 2 heteroatoms. The van der Waals surface area contributed by atoms with Gasteiger partial charge in [-0.2, -0.15) is 0 Å². The van der Waals surface area contributed by atoms with Crippen molar-refractivity contribution in [1.82, 2.24) is 0 Å². The first-order chi connectivity index (χ1) is 4.66. The molecule has 0 saturated heterocycles. The molecule has 0 spiro atoms. The summed E-state index contributed by atoms with van der Waals surface area (Å²) in [6.07, 6.45) is 1.04. The van der Waals surface area contributed by atoms with E-state index in [0.29, 0.717) is 5.92 Å². The second-order valence-electron chi connectivity index (χ2n) is 2.78. The van der Waals surface area contributed by atoms with Crippen LogP contribution in [-0.4, -0.2) is 18.6 Å². The molecule has 0 bridgehead atoms. The van der Waals surface area contributed by atoms with Crippen molar-refractivity contribution < 1.29 is 4.74 Å². The largest absolute Gasteiger partial charge is 0.381 e. The Labute approximate surface area is 68.7 Å². The van der Waals surface area contributed by atoms with Gasteiger partial charge in [0.25, 0.3) is 0 Å². The third-order valence-corrected chi connectivity index (χ3v) is 1.51. The Bertz CT molecular complexity index is 73.7. The average Bonchev–Trinajstić information content (AvgIpc) is 1.82. The summed E-state index contributed by atoms with van der Waals surface area (Å²) in [4.78, 5) is 0. The Balaban J connectivity index is 3.16. The minimum absolute atomic E-state index is 0.274. The molecular formula is C8H17ClO. The van der Waals surface area contributed by atoms with Crippen molar-refractivity contribution in [2.75, 3.05) is 13.2 Å². The second-order valence-corrected chi connectivity index (χ2v) is 3.53. The molecule has 0 heterocycles. The van der Waals surface area contributed by atoms with Crippen LogP contribution in [0, 0.1) is 5.92 Å². The van der Waals surface area contributed by atoms with Crippen LogP contribution in [0.25, 0.3) is 0 Å². The molecule has 0 aromatic carbocycles. The lowest BCUT2D eigenvalue weighted by Gasteiger charge is -2.11. The first-order valence-corrected chi connectivity index (χ1v) is 4.32. The number of rotatable bonds is 5. The van der Waals surface area contributed by atoms with E-state index in [1.807, 2.05) is 13.8 Å². The van der Waals surface area contributed by atoms with Crippen LogP contribution in [0.3, 0.4) is 0 Å². The predicted molar refractivity (Wildman–Crippen MR) is 45.6 cm³/mol. The van der Waals surface area contributed by atoms with Gasteiger partial charge in [-0.05, 0) is 26.2 Å². The van der Waals surface area contributed by atoms with Gasteiger partial charge < -0.3 is 4.74 Å². The fourth-order valence-corrected chi connectivity index (χ4v) is 1.25. The van der Waals surface area contributed by atoms with Crippen LogP contribution in [0.15, 0.2) is 0 Å². The van der Waals surface area contributed by atoms with E-state index in [9.17, 15) is 0 Å². The van der Waals surface area contributed by atoms with E-state index < -0.39 is 0 Å². The molecular weight excluding hydrogens is 148 g/mol. The van der Waals surface area contributed by atoms with Gasteiger partial charge in [-0.1, -0.05) is 6.92 Å². The first kappa shape index (κ1) is 10.2. The van der Waals surface area contributed by atoms with Crippen molar-refractivity contribution in [3.8, 4) is 0 Å². The summed E-state index contributed by atoms with van der Waals surface area (Å²) in [6, 6.07) is 0. The summed E-state index contributed by atoms with van der Waals surface area (Å²) in [5.41, 5.74) is 0. The molecule has 0 rings (SSSR count). The molecule has 2 unspecified atom stereocenters. The van der Waals surface area contributed by atoms with E-state index in [0.717, 1.165) is 19.6 Å². The van der Waals surface area contributed by atoms with Gasteiger partial charge in [0, 0.05) is 18.6 Å². The molecule has 2 atom stereocenters. The third-order valence-electron chi connectivity index (χ3n) is 1.33. The Morgan fingerprint density at radius 2 is 2.00 bits per heavy atom. The molecule has 62 valence electrons. The van der Waals surface area contributed by atoms with Crippen LogP contribution in [0.1, 0.15) is 27.2 Å². The van der Waals surface area contributed by atoms with Crippen molar-refractivity contribution in [3.05, 3.63) is 0 Å². The normalized spacial score (nSPS) is 16.8. The molecule has 1 nitrogen and oxygen atoms in total. The van der Waals surface area contributed by atoms with Crippen molar-refractivity contribution in [1.29, 1.82) is 0 Å². The molecule has 0 N–H and O–H groups in total. The van der Waals surface area contributed by atoms with E-state index in [-0.39, 0.29) is 5.38 Å². The Morgan fingerprint density at radius 1 is 1.40 bits per heavy atom. The van der Waals surface area contributed by atoms with Gasteiger partial charge in [0.05, 0.1) is 0 Å². The summed E-state index contributed by atoms with van der Waals surface area (Å²) in [5, 5.41) is 0.274. The maximum Gasteiger partial charge on any atom is 0.0492 e. The molecule has 0 aromatic rings. The van der Waals surface area contributed by atoms with Crippen LogP contribution in [0.2, 0.25) is 0 Å². The lowest BCUT2D eigenvalue weighted by molar-refractivity contribution is 0.113. The van der Waals surface area contributed by atoms with Gasteiger partial charge in [-0.15, -0.1) is 11.6 Å². The highest BCUT2D eigenvalue weighted by molar-refractivity contribution is 6.20. The van der Waals surface area contributed by atoms with E-state index in [2.05, 4.69) is 6.92 Å². The minimum atomic E-state index is 0.274. The molecule has 0 aliphatic carbocycles. The monoisotopic (exact) mass is 164 g/mol. The summed E-state index contributed by atoms with van der Waals surface area (Å²) in [6.45, 7) is 7.84. The van der Waals surface area contributed by atoms with Gasteiger partial charge in [-0.3, -0.25) is 0 Å². The molecule has 0 fully saturated rings. The molecule has 0 saturated carbocycles. The van der Waals surface area contributed by atoms with Gasteiger partial charge in [0.1, 0.15) is 0 Å². The third kappa shape index (κ3) is 6.37. The lowest BCUT2D eigenvalue weighted by Crippen LogP contribution is -2.09. The van der Waals surface area contributed by atoms with Crippen molar-refractivity contribution in [2.45, 2.75) is 32.6 Å². The topological polar surface area (TPSA) is 9.23 Å². The quantitative estimate of drug-likeness (QED) is 0.568. The van der Waals surface area contributed by atoms with E-state index >= 15 is 0 Å². The zero-order chi connectivity index (χ0) is 7.98. The van der Waals surface area contributed by atoms with E-state index in [1.165, 1.54) is 0 Å². The van der Waals surface area contributed by atoms with Crippen LogP contribution < -0.4 is 0 Å². The van der Waals surface area contributed by atoms with Gasteiger partial charge in [0.2, 0.25) is 0 Å². The van der Waals surface area contributed by atoms with Crippen molar-refractivity contribution in [3.63, 3.8) is 0 Å². The number of hydrogen-bond donors (Lipinski definition) is 0. The Hall–Kier alpha value is 0.250. The SMILES string of the molecule is CCOCC(C)CC(C)Cl. The van der Waals surface area contributed by atoms with Crippen molar-refractivity contribution >= 4 is 11.6 Å². The van der Waals surface area contributed by atoms with E-state index in [4.69, 9.17) is 16.3 Å². The predicted octanol–water partition coefficient (Wildman–Crippen LogP) is 2.68. The van der Waals surface area contributed by atoms with Crippen LogP contribution in [-0.2, 0) is 4.74 Å². The minimum Gasteiger partial charge on any atom is -0.381 e. The summed E-state index contributed by atoms with van der Waals surface area (Å²) < 4.78 is 5.24. The summed E-state index contributed by atoms with van der Waals surface area (Å²) in [7, 11) is 0.